The average molecular weight is 330 g/mol. The maximum absolute atomic E-state index is 12.4. The molecule has 0 unspecified atom stereocenters. The minimum Gasteiger partial charge on any atom is -0.466 e. The molecule has 0 spiro atoms. The summed E-state index contributed by atoms with van der Waals surface area (Å²) in [6.07, 6.45) is 0. The maximum atomic E-state index is 12.4. The first-order valence-electron chi connectivity index (χ1n) is 7.14. The van der Waals surface area contributed by atoms with Gasteiger partial charge in [-0.25, -0.2) is 0 Å². The summed E-state index contributed by atoms with van der Waals surface area (Å²) in [6.45, 7) is 9.08. The first kappa shape index (κ1) is 18.5. The Labute approximate surface area is 137 Å². The molecule has 22 heavy (non-hydrogen) atoms. The molecule has 0 saturated carbocycles. The third-order valence-corrected chi connectivity index (χ3v) is 3.68. The summed E-state index contributed by atoms with van der Waals surface area (Å²) in [5.41, 5.74) is 5.57. The van der Waals surface area contributed by atoms with Crippen molar-refractivity contribution in [3.8, 4) is 0 Å². The molecule has 1 saturated heterocycles. The van der Waals surface area contributed by atoms with Crippen molar-refractivity contribution >= 4 is 24.2 Å². The molecular formula is C15H24ClN3O3. The van der Waals surface area contributed by atoms with Crippen LogP contribution in [0.2, 0.25) is 0 Å². The smallest absolute Gasteiger partial charge is 0.257 e. The molecule has 1 aliphatic heterocycles. The van der Waals surface area contributed by atoms with Crippen molar-refractivity contribution in [2.24, 2.45) is 5.73 Å². The van der Waals surface area contributed by atoms with E-state index in [1.807, 2.05) is 6.92 Å². The average Bonchev–Trinajstić information content (AvgIpc) is 2.75. The van der Waals surface area contributed by atoms with Crippen molar-refractivity contribution in [3.05, 3.63) is 23.2 Å². The molecule has 124 valence electrons. The van der Waals surface area contributed by atoms with Crippen LogP contribution in [0.5, 0.6) is 0 Å². The van der Waals surface area contributed by atoms with Gasteiger partial charge in [0.2, 0.25) is 5.91 Å². The van der Waals surface area contributed by atoms with E-state index in [-0.39, 0.29) is 24.2 Å². The normalized spacial score (nSPS) is 15.5. The Bertz CT molecular complexity index is 555. The van der Waals surface area contributed by atoms with E-state index in [0.717, 1.165) is 5.76 Å². The highest BCUT2D eigenvalue weighted by Crippen LogP contribution is 2.17. The van der Waals surface area contributed by atoms with Gasteiger partial charge < -0.3 is 20.0 Å². The Morgan fingerprint density at radius 2 is 1.64 bits per heavy atom. The van der Waals surface area contributed by atoms with Crippen LogP contribution in [0.4, 0.5) is 0 Å². The van der Waals surface area contributed by atoms with Gasteiger partial charge in [-0.1, -0.05) is 0 Å². The number of hydrogen-bond acceptors (Lipinski definition) is 4. The fourth-order valence-electron chi connectivity index (χ4n) is 2.53. The van der Waals surface area contributed by atoms with Crippen LogP contribution in [-0.2, 0) is 4.79 Å². The molecule has 2 heterocycles. The molecule has 1 aliphatic rings. The second-order valence-electron chi connectivity index (χ2n) is 6.13. The zero-order chi connectivity index (χ0) is 15.8. The molecule has 0 atom stereocenters. The molecule has 7 heteroatoms. The van der Waals surface area contributed by atoms with E-state index in [2.05, 4.69) is 0 Å². The van der Waals surface area contributed by atoms with Crippen molar-refractivity contribution in [2.45, 2.75) is 33.2 Å². The van der Waals surface area contributed by atoms with E-state index in [0.29, 0.717) is 37.5 Å². The van der Waals surface area contributed by atoms with Crippen LogP contribution >= 0.6 is 12.4 Å². The zero-order valence-electron chi connectivity index (χ0n) is 13.5. The van der Waals surface area contributed by atoms with E-state index in [1.54, 1.807) is 36.6 Å². The minimum atomic E-state index is -0.871. The second kappa shape index (κ2) is 6.71. The van der Waals surface area contributed by atoms with E-state index in [9.17, 15) is 9.59 Å². The van der Waals surface area contributed by atoms with E-state index < -0.39 is 5.54 Å². The van der Waals surface area contributed by atoms with Crippen LogP contribution in [-0.4, -0.2) is 53.3 Å². The van der Waals surface area contributed by atoms with Crippen LogP contribution in [0.15, 0.2) is 10.5 Å². The maximum Gasteiger partial charge on any atom is 0.257 e. The van der Waals surface area contributed by atoms with Crippen molar-refractivity contribution in [1.29, 1.82) is 0 Å². The number of nitrogens with two attached hydrogens (primary N) is 1. The largest absolute Gasteiger partial charge is 0.466 e. The van der Waals surface area contributed by atoms with Crippen LogP contribution in [0.3, 0.4) is 0 Å². The summed E-state index contributed by atoms with van der Waals surface area (Å²) < 4.78 is 5.40. The number of carbonyl (C=O) groups is 2. The first-order valence-corrected chi connectivity index (χ1v) is 7.14. The molecule has 0 aliphatic carbocycles. The molecule has 1 fully saturated rings. The Hall–Kier alpha value is -1.53. The van der Waals surface area contributed by atoms with Gasteiger partial charge in [0.05, 0.1) is 11.1 Å². The van der Waals surface area contributed by atoms with Crippen LogP contribution in [0, 0.1) is 13.8 Å². The molecule has 0 bridgehead atoms. The minimum absolute atomic E-state index is 0. The van der Waals surface area contributed by atoms with Crippen molar-refractivity contribution in [3.63, 3.8) is 0 Å². The lowest BCUT2D eigenvalue weighted by molar-refractivity contribution is -0.137. The van der Waals surface area contributed by atoms with Gasteiger partial charge >= 0.3 is 0 Å². The number of nitrogens with zero attached hydrogens (tertiary/aromatic N) is 2. The number of halogens is 1. The standard InChI is InChI=1S/C15H23N3O3.ClH/c1-10-9-12(11(2)21-10)13(19)17-5-7-18(8-6-17)14(20)15(3,4)16;/h9H,5-8,16H2,1-4H3;1H. The highest BCUT2D eigenvalue weighted by molar-refractivity contribution is 5.95. The van der Waals surface area contributed by atoms with E-state index in [4.69, 9.17) is 10.2 Å². The van der Waals surface area contributed by atoms with Crippen molar-refractivity contribution in [2.75, 3.05) is 26.2 Å². The predicted molar refractivity (Wildman–Crippen MR) is 86.2 cm³/mol. The fourth-order valence-corrected chi connectivity index (χ4v) is 2.53. The third kappa shape index (κ3) is 3.81. The Kier molecular flexibility index (Phi) is 5.65. The molecule has 2 N–H and O–H groups in total. The van der Waals surface area contributed by atoms with E-state index >= 15 is 0 Å². The summed E-state index contributed by atoms with van der Waals surface area (Å²) in [5, 5.41) is 0. The molecular weight excluding hydrogens is 306 g/mol. The molecule has 1 aromatic rings. The topological polar surface area (TPSA) is 79.8 Å². The number of aryl methyl sites for hydroxylation is 2. The second-order valence-corrected chi connectivity index (χ2v) is 6.13. The van der Waals surface area contributed by atoms with E-state index in [1.165, 1.54) is 0 Å². The van der Waals surface area contributed by atoms with Gasteiger partial charge in [-0.3, -0.25) is 9.59 Å². The summed E-state index contributed by atoms with van der Waals surface area (Å²) in [6, 6.07) is 1.76. The summed E-state index contributed by atoms with van der Waals surface area (Å²) >= 11 is 0. The van der Waals surface area contributed by atoms with Gasteiger partial charge in [0.25, 0.3) is 5.91 Å². The number of furan rings is 1. The highest BCUT2D eigenvalue weighted by atomic mass is 35.5. The Morgan fingerprint density at radius 1 is 1.14 bits per heavy atom. The molecule has 2 rings (SSSR count). The Morgan fingerprint density at radius 3 is 2.05 bits per heavy atom. The van der Waals surface area contributed by atoms with Gasteiger partial charge in [-0.2, -0.15) is 0 Å². The van der Waals surface area contributed by atoms with Crippen molar-refractivity contribution in [1.82, 2.24) is 9.80 Å². The first-order chi connectivity index (χ1) is 9.70. The lowest BCUT2D eigenvalue weighted by Gasteiger charge is -2.37. The quantitative estimate of drug-likeness (QED) is 0.888. The molecule has 0 aromatic carbocycles. The summed E-state index contributed by atoms with van der Waals surface area (Å²) in [5.74, 6) is 1.25. The SMILES string of the molecule is Cc1cc(C(=O)N2CCN(C(=O)C(C)(C)N)CC2)c(C)o1.Cl. The van der Waals surface area contributed by atoms with Crippen LogP contribution < -0.4 is 5.73 Å². The van der Waals surface area contributed by atoms with Gasteiger partial charge in [-0.05, 0) is 33.8 Å². The van der Waals surface area contributed by atoms with Crippen molar-refractivity contribution < 1.29 is 14.0 Å². The summed E-state index contributed by atoms with van der Waals surface area (Å²) in [4.78, 5) is 28.0. The summed E-state index contributed by atoms with van der Waals surface area (Å²) in [7, 11) is 0. The van der Waals surface area contributed by atoms with Gasteiger partial charge in [0, 0.05) is 26.2 Å². The van der Waals surface area contributed by atoms with Gasteiger partial charge in [0.1, 0.15) is 11.5 Å². The highest BCUT2D eigenvalue weighted by Gasteiger charge is 2.32. The molecule has 2 amide bonds. The number of hydrogen-bond donors (Lipinski definition) is 1. The molecule has 6 nitrogen and oxygen atoms in total. The van der Waals surface area contributed by atoms with Crippen LogP contribution in [0.25, 0.3) is 0 Å². The number of rotatable bonds is 2. The number of amides is 2. The monoisotopic (exact) mass is 329 g/mol. The predicted octanol–water partition coefficient (Wildman–Crippen LogP) is 1.34. The lowest BCUT2D eigenvalue weighted by Crippen LogP contribution is -2.57. The molecule has 1 aromatic heterocycles. The lowest BCUT2D eigenvalue weighted by atomic mass is 10.0. The zero-order valence-corrected chi connectivity index (χ0v) is 14.3. The Balaban J connectivity index is 0.00000242. The number of piperazine rings is 1. The number of carbonyl (C=O) groups excluding carboxylic acids is 2. The van der Waals surface area contributed by atoms with Gasteiger partial charge in [0.15, 0.2) is 0 Å². The fraction of sp³-hybridized carbons (Fsp3) is 0.600. The third-order valence-electron chi connectivity index (χ3n) is 3.68. The van der Waals surface area contributed by atoms with Gasteiger partial charge in [-0.15, -0.1) is 12.4 Å². The molecule has 0 radical (unpaired) electrons. The van der Waals surface area contributed by atoms with Crippen LogP contribution in [0.1, 0.15) is 35.7 Å².